The molecule has 14 heavy (non-hydrogen) atoms. The Balaban J connectivity index is 2.50. The zero-order valence-electron chi connectivity index (χ0n) is 8.74. The number of hydrogen-bond donors (Lipinski definition) is 2. The summed E-state index contributed by atoms with van der Waals surface area (Å²) < 4.78 is 0. The summed E-state index contributed by atoms with van der Waals surface area (Å²) in [5.74, 6) is 0. The van der Waals surface area contributed by atoms with E-state index in [-0.39, 0.29) is 6.10 Å². The van der Waals surface area contributed by atoms with E-state index in [4.69, 9.17) is 5.73 Å². The van der Waals surface area contributed by atoms with E-state index in [1.807, 2.05) is 0 Å². The van der Waals surface area contributed by atoms with E-state index in [1.54, 1.807) is 0 Å². The topological polar surface area (TPSA) is 46.2 Å². The number of aliphatic hydroxyl groups is 1. The Morgan fingerprint density at radius 2 is 1.79 bits per heavy atom. The van der Waals surface area contributed by atoms with Crippen molar-refractivity contribution in [3.05, 3.63) is 35.4 Å². The van der Waals surface area contributed by atoms with Gasteiger partial charge in [-0.05, 0) is 36.9 Å². The first-order valence-electron chi connectivity index (χ1n) is 5.22. The summed E-state index contributed by atoms with van der Waals surface area (Å²) in [5.41, 5.74) is 7.89. The van der Waals surface area contributed by atoms with Gasteiger partial charge < -0.3 is 10.8 Å². The quantitative estimate of drug-likeness (QED) is 0.744. The van der Waals surface area contributed by atoms with Crippen LogP contribution in [-0.2, 0) is 12.8 Å². The molecular weight excluding hydrogens is 174 g/mol. The van der Waals surface area contributed by atoms with Gasteiger partial charge in [0.25, 0.3) is 0 Å². The minimum absolute atomic E-state index is 0.299. The molecule has 0 amide bonds. The Labute approximate surface area is 85.8 Å². The first-order chi connectivity index (χ1) is 6.76. The van der Waals surface area contributed by atoms with Crippen molar-refractivity contribution in [3.8, 4) is 0 Å². The predicted molar refractivity (Wildman–Crippen MR) is 59.2 cm³/mol. The fourth-order valence-corrected chi connectivity index (χ4v) is 1.48. The van der Waals surface area contributed by atoms with Crippen molar-refractivity contribution < 1.29 is 5.11 Å². The Morgan fingerprint density at radius 3 is 2.29 bits per heavy atom. The molecule has 3 N–H and O–H groups in total. The van der Waals surface area contributed by atoms with E-state index < -0.39 is 0 Å². The summed E-state index contributed by atoms with van der Waals surface area (Å²) in [7, 11) is 0. The second-order valence-corrected chi connectivity index (χ2v) is 3.61. The Bertz CT molecular complexity index is 256. The average Bonchev–Trinajstić information content (AvgIpc) is 2.19. The lowest BCUT2D eigenvalue weighted by Gasteiger charge is -2.09. The monoisotopic (exact) mass is 193 g/mol. The maximum absolute atomic E-state index is 9.55. The molecule has 1 unspecified atom stereocenters. The molecule has 0 aliphatic carbocycles. The van der Waals surface area contributed by atoms with Gasteiger partial charge in [0, 0.05) is 0 Å². The molecule has 0 aliphatic heterocycles. The average molecular weight is 193 g/mol. The highest BCUT2D eigenvalue weighted by molar-refractivity contribution is 5.22. The summed E-state index contributed by atoms with van der Waals surface area (Å²) in [5, 5.41) is 9.55. The van der Waals surface area contributed by atoms with Gasteiger partial charge in [-0.25, -0.2) is 0 Å². The summed E-state index contributed by atoms with van der Waals surface area (Å²) in [6.07, 6.45) is 2.15. The molecule has 1 atom stereocenters. The van der Waals surface area contributed by atoms with E-state index in [9.17, 15) is 5.11 Å². The van der Waals surface area contributed by atoms with Crippen molar-refractivity contribution in [1.82, 2.24) is 0 Å². The molecule has 0 aliphatic rings. The SMILES string of the molecule is CCc1ccc(CC(O)CCN)cc1. The van der Waals surface area contributed by atoms with Crippen molar-refractivity contribution in [3.63, 3.8) is 0 Å². The van der Waals surface area contributed by atoms with Gasteiger partial charge >= 0.3 is 0 Å². The zero-order valence-corrected chi connectivity index (χ0v) is 8.74. The fourth-order valence-electron chi connectivity index (χ4n) is 1.48. The van der Waals surface area contributed by atoms with Crippen LogP contribution < -0.4 is 5.73 Å². The van der Waals surface area contributed by atoms with Gasteiger partial charge in [0.1, 0.15) is 0 Å². The van der Waals surface area contributed by atoms with Crippen molar-refractivity contribution in [2.45, 2.75) is 32.3 Å². The minimum atomic E-state index is -0.299. The number of nitrogens with two attached hydrogens (primary N) is 1. The highest BCUT2D eigenvalue weighted by atomic mass is 16.3. The van der Waals surface area contributed by atoms with Gasteiger partial charge in [0.2, 0.25) is 0 Å². The summed E-state index contributed by atoms with van der Waals surface area (Å²) in [6, 6.07) is 8.39. The Hall–Kier alpha value is -0.860. The zero-order chi connectivity index (χ0) is 10.4. The highest BCUT2D eigenvalue weighted by Gasteiger charge is 2.03. The van der Waals surface area contributed by atoms with Gasteiger partial charge in [-0.3, -0.25) is 0 Å². The van der Waals surface area contributed by atoms with Crippen LogP contribution in [0.2, 0.25) is 0 Å². The molecule has 0 fully saturated rings. The molecule has 1 rings (SSSR count). The molecule has 0 aromatic heterocycles. The van der Waals surface area contributed by atoms with Gasteiger partial charge in [0.15, 0.2) is 0 Å². The third kappa shape index (κ3) is 3.48. The van der Waals surface area contributed by atoms with E-state index >= 15 is 0 Å². The molecule has 2 nitrogen and oxygen atoms in total. The van der Waals surface area contributed by atoms with Crippen LogP contribution in [-0.4, -0.2) is 17.8 Å². The lowest BCUT2D eigenvalue weighted by molar-refractivity contribution is 0.167. The normalized spacial score (nSPS) is 12.8. The molecule has 0 bridgehead atoms. The second-order valence-electron chi connectivity index (χ2n) is 3.61. The number of aryl methyl sites for hydroxylation is 1. The maximum atomic E-state index is 9.55. The van der Waals surface area contributed by atoms with Crippen LogP contribution in [0.15, 0.2) is 24.3 Å². The van der Waals surface area contributed by atoms with Crippen LogP contribution >= 0.6 is 0 Å². The van der Waals surface area contributed by atoms with Crippen molar-refractivity contribution in [2.75, 3.05) is 6.54 Å². The van der Waals surface area contributed by atoms with Crippen LogP contribution in [0, 0.1) is 0 Å². The molecule has 0 radical (unpaired) electrons. The van der Waals surface area contributed by atoms with Crippen LogP contribution in [0.3, 0.4) is 0 Å². The van der Waals surface area contributed by atoms with Crippen LogP contribution in [0.25, 0.3) is 0 Å². The molecule has 0 heterocycles. The van der Waals surface area contributed by atoms with Gasteiger partial charge in [0.05, 0.1) is 6.10 Å². The standard InChI is InChI=1S/C12H19NO/c1-2-10-3-5-11(6-4-10)9-12(14)7-8-13/h3-6,12,14H,2,7-9,13H2,1H3. The number of hydrogen-bond acceptors (Lipinski definition) is 2. The molecule has 0 saturated carbocycles. The lowest BCUT2D eigenvalue weighted by atomic mass is 10.0. The smallest absolute Gasteiger partial charge is 0.0592 e. The van der Waals surface area contributed by atoms with Crippen molar-refractivity contribution in [2.24, 2.45) is 5.73 Å². The second kappa shape index (κ2) is 5.78. The van der Waals surface area contributed by atoms with Crippen LogP contribution in [0.5, 0.6) is 0 Å². The van der Waals surface area contributed by atoms with E-state index in [1.165, 1.54) is 11.1 Å². The molecule has 1 aromatic rings. The summed E-state index contributed by atoms with van der Waals surface area (Å²) in [4.78, 5) is 0. The van der Waals surface area contributed by atoms with Crippen molar-refractivity contribution in [1.29, 1.82) is 0 Å². The lowest BCUT2D eigenvalue weighted by Crippen LogP contribution is -2.15. The van der Waals surface area contributed by atoms with E-state index in [2.05, 4.69) is 31.2 Å². The first-order valence-corrected chi connectivity index (χ1v) is 5.22. The van der Waals surface area contributed by atoms with E-state index in [0.717, 1.165) is 6.42 Å². The molecule has 1 aromatic carbocycles. The predicted octanol–water partition coefficient (Wildman–Crippen LogP) is 1.50. The molecule has 0 saturated heterocycles. The number of rotatable bonds is 5. The highest BCUT2D eigenvalue weighted by Crippen LogP contribution is 2.08. The summed E-state index contributed by atoms with van der Waals surface area (Å²) >= 11 is 0. The van der Waals surface area contributed by atoms with Crippen LogP contribution in [0.4, 0.5) is 0 Å². The van der Waals surface area contributed by atoms with Crippen LogP contribution in [0.1, 0.15) is 24.5 Å². The minimum Gasteiger partial charge on any atom is -0.393 e. The molecule has 78 valence electrons. The van der Waals surface area contributed by atoms with Gasteiger partial charge in [-0.2, -0.15) is 0 Å². The fraction of sp³-hybridized carbons (Fsp3) is 0.500. The Kier molecular flexibility index (Phi) is 4.63. The van der Waals surface area contributed by atoms with Gasteiger partial charge in [-0.15, -0.1) is 0 Å². The number of aliphatic hydroxyl groups excluding tert-OH is 1. The largest absolute Gasteiger partial charge is 0.393 e. The first kappa shape index (κ1) is 11.2. The third-order valence-corrected chi connectivity index (χ3v) is 2.40. The maximum Gasteiger partial charge on any atom is 0.0592 e. The third-order valence-electron chi connectivity index (χ3n) is 2.40. The van der Waals surface area contributed by atoms with Crippen molar-refractivity contribution >= 4 is 0 Å². The molecule has 0 spiro atoms. The van der Waals surface area contributed by atoms with E-state index in [0.29, 0.717) is 19.4 Å². The molecule has 2 heteroatoms. The molecular formula is C12H19NO. The summed E-state index contributed by atoms with van der Waals surface area (Å²) in [6.45, 7) is 2.69. The van der Waals surface area contributed by atoms with Gasteiger partial charge in [-0.1, -0.05) is 31.2 Å². The Morgan fingerprint density at radius 1 is 1.21 bits per heavy atom. The number of benzene rings is 1.